The van der Waals surface area contributed by atoms with Crippen LogP contribution in [-0.2, 0) is 14.2 Å². The van der Waals surface area contributed by atoms with Crippen molar-refractivity contribution in [2.75, 3.05) is 19.8 Å². The van der Waals surface area contributed by atoms with Gasteiger partial charge in [0.15, 0.2) is 0 Å². The first-order valence-electron chi connectivity index (χ1n) is 8.69. The molecule has 0 rings (SSSR count). The molecular weight excluding hydrogens is 252 g/mol. The molecule has 0 saturated carbocycles. The van der Waals surface area contributed by atoms with Gasteiger partial charge in [0, 0.05) is 0 Å². The number of rotatable bonds is 16. The Kier molecular flexibility index (Phi) is 16.8. The Morgan fingerprint density at radius 1 is 0.500 bits per heavy atom. The quantitative estimate of drug-likeness (QED) is 0.286. The van der Waals surface area contributed by atoms with Crippen molar-refractivity contribution in [2.24, 2.45) is 0 Å². The first-order chi connectivity index (χ1) is 9.85. The van der Waals surface area contributed by atoms with Gasteiger partial charge < -0.3 is 14.2 Å². The summed E-state index contributed by atoms with van der Waals surface area (Å²) in [4.78, 5) is 0. The highest BCUT2D eigenvalue weighted by Crippen LogP contribution is 2.09. The molecule has 0 N–H and O–H groups in total. The lowest BCUT2D eigenvalue weighted by molar-refractivity contribution is -0.288. The van der Waals surface area contributed by atoms with E-state index in [0.29, 0.717) is 13.2 Å². The van der Waals surface area contributed by atoms with E-state index in [4.69, 9.17) is 14.2 Å². The van der Waals surface area contributed by atoms with Crippen LogP contribution in [0.4, 0.5) is 0 Å². The van der Waals surface area contributed by atoms with Crippen molar-refractivity contribution in [2.45, 2.75) is 91.5 Å². The van der Waals surface area contributed by atoms with E-state index < -0.39 is 6.48 Å². The maximum absolute atomic E-state index is 5.65. The van der Waals surface area contributed by atoms with Crippen molar-refractivity contribution in [3.8, 4) is 0 Å². The molecule has 3 heteroatoms. The average Bonchev–Trinajstić information content (AvgIpc) is 2.47. The second-order valence-corrected chi connectivity index (χ2v) is 5.38. The molecule has 0 spiro atoms. The van der Waals surface area contributed by atoms with Crippen LogP contribution in [0.1, 0.15) is 85.0 Å². The minimum Gasteiger partial charge on any atom is -0.330 e. The van der Waals surface area contributed by atoms with Crippen LogP contribution in [0.2, 0.25) is 0 Å². The van der Waals surface area contributed by atoms with Gasteiger partial charge >= 0.3 is 0 Å². The van der Waals surface area contributed by atoms with Crippen molar-refractivity contribution >= 4 is 0 Å². The molecule has 0 aliphatic rings. The fourth-order valence-electron chi connectivity index (χ4n) is 1.99. The van der Waals surface area contributed by atoms with Crippen molar-refractivity contribution in [3.05, 3.63) is 0 Å². The Balaban J connectivity index is 3.38. The molecule has 0 radical (unpaired) electrons. The van der Waals surface area contributed by atoms with Crippen molar-refractivity contribution < 1.29 is 14.2 Å². The van der Waals surface area contributed by atoms with Crippen LogP contribution in [0.15, 0.2) is 0 Å². The van der Waals surface area contributed by atoms with Gasteiger partial charge in [0.05, 0.1) is 19.8 Å². The van der Waals surface area contributed by atoms with Crippen LogP contribution < -0.4 is 0 Å². The first kappa shape index (κ1) is 19.9. The number of hydrogen-bond acceptors (Lipinski definition) is 3. The van der Waals surface area contributed by atoms with Gasteiger partial charge in [-0.15, -0.1) is 0 Å². The van der Waals surface area contributed by atoms with E-state index in [1.807, 2.05) is 0 Å². The fraction of sp³-hybridized carbons (Fsp3) is 1.00. The molecule has 0 aromatic carbocycles. The summed E-state index contributed by atoms with van der Waals surface area (Å²) in [5.41, 5.74) is 0. The van der Waals surface area contributed by atoms with Crippen molar-refractivity contribution in [1.29, 1.82) is 0 Å². The Morgan fingerprint density at radius 2 is 0.950 bits per heavy atom. The summed E-state index contributed by atoms with van der Waals surface area (Å²) in [6.45, 7) is 8.13. The minimum atomic E-state index is -0.459. The molecule has 122 valence electrons. The van der Waals surface area contributed by atoms with E-state index in [-0.39, 0.29) is 0 Å². The maximum Gasteiger partial charge on any atom is 0.271 e. The van der Waals surface area contributed by atoms with Crippen LogP contribution in [0.3, 0.4) is 0 Å². The number of ether oxygens (including phenoxy) is 3. The summed E-state index contributed by atoms with van der Waals surface area (Å²) in [6.07, 6.45) is 12.5. The zero-order valence-corrected chi connectivity index (χ0v) is 14.0. The van der Waals surface area contributed by atoms with Crippen molar-refractivity contribution in [3.63, 3.8) is 0 Å². The molecule has 20 heavy (non-hydrogen) atoms. The molecule has 0 fully saturated rings. The predicted octanol–water partition coefficient (Wildman–Crippen LogP) is 5.28. The molecule has 0 heterocycles. The van der Waals surface area contributed by atoms with Crippen LogP contribution in [0, 0.1) is 0 Å². The largest absolute Gasteiger partial charge is 0.330 e. The van der Waals surface area contributed by atoms with E-state index in [0.717, 1.165) is 25.9 Å². The van der Waals surface area contributed by atoms with E-state index in [2.05, 4.69) is 20.8 Å². The Hall–Kier alpha value is -0.120. The lowest BCUT2D eigenvalue weighted by Crippen LogP contribution is -2.22. The van der Waals surface area contributed by atoms with Crippen LogP contribution in [0.25, 0.3) is 0 Å². The number of hydrogen-bond donors (Lipinski definition) is 0. The van der Waals surface area contributed by atoms with E-state index in [1.165, 1.54) is 44.9 Å². The molecule has 0 aliphatic heterocycles. The smallest absolute Gasteiger partial charge is 0.271 e. The molecule has 0 bridgehead atoms. The van der Waals surface area contributed by atoms with E-state index >= 15 is 0 Å². The third-order valence-electron chi connectivity index (χ3n) is 3.17. The molecular formula is C17H36O3. The molecule has 0 aliphatic carbocycles. The highest BCUT2D eigenvalue weighted by atomic mass is 16.8. The molecule has 0 amide bonds. The molecule has 0 atom stereocenters. The van der Waals surface area contributed by atoms with Gasteiger partial charge in [-0.2, -0.15) is 0 Å². The molecule has 0 aromatic heterocycles. The summed E-state index contributed by atoms with van der Waals surface area (Å²) in [6, 6.07) is 0. The monoisotopic (exact) mass is 288 g/mol. The van der Waals surface area contributed by atoms with Crippen molar-refractivity contribution in [1.82, 2.24) is 0 Å². The number of unbranched alkanes of at least 4 members (excludes halogenated alkanes) is 7. The highest BCUT2D eigenvalue weighted by molar-refractivity contribution is 4.46. The van der Waals surface area contributed by atoms with E-state index in [9.17, 15) is 0 Å². The SMILES string of the molecule is CCCCCCCCCCOC(OCCC)OCCC. The van der Waals surface area contributed by atoms with Gasteiger partial charge in [-0.3, -0.25) is 0 Å². The molecule has 0 saturated heterocycles. The topological polar surface area (TPSA) is 27.7 Å². The lowest BCUT2D eigenvalue weighted by atomic mass is 10.1. The summed E-state index contributed by atoms with van der Waals surface area (Å²) >= 11 is 0. The second kappa shape index (κ2) is 16.9. The van der Waals surface area contributed by atoms with Gasteiger partial charge in [0.1, 0.15) is 0 Å². The normalized spacial score (nSPS) is 11.4. The third-order valence-corrected chi connectivity index (χ3v) is 3.17. The third kappa shape index (κ3) is 14.3. The standard InChI is InChI=1S/C17H36O3/c1-4-7-8-9-10-11-12-13-16-20-17(18-14-5-2)19-15-6-3/h17H,4-16H2,1-3H3. The molecule has 3 nitrogen and oxygen atoms in total. The summed E-state index contributed by atoms with van der Waals surface area (Å²) in [5, 5.41) is 0. The Bertz CT molecular complexity index is 166. The molecule has 0 unspecified atom stereocenters. The van der Waals surface area contributed by atoms with Gasteiger partial charge in [-0.25, -0.2) is 0 Å². The van der Waals surface area contributed by atoms with Gasteiger partial charge in [0.25, 0.3) is 6.48 Å². The van der Waals surface area contributed by atoms with Gasteiger partial charge in [0.2, 0.25) is 0 Å². The van der Waals surface area contributed by atoms with Gasteiger partial charge in [-0.05, 0) is 19.3 Å². The minimum absolute atomic E-state index is 0.459. The molecule has 0 aromatic rings. The van der Waals surface area contributed by atoms with Crippen LogP contribution >= 0.6 is 0 Å². The van der Waals surface area contributed by atoms with Crippen LogP contribution in [-0.4, -0.2) is 26.3 Å². The second-order valence-electron chi connectivity index (χ2n) is 5.38. The zero-order valence-electron chi connectivity index (χ0n) is 14.0. The zero-order chi connectivity index (χ0) is 14.9. The maximum atomic E-state index is 5.65. The average molecular weight is 288 g/mol. The summed E-state index contributed by atoms with van der Waals surface area (Å²) in [7, 11) is 0. The van der Waals surface area contributed by atoms with Gasteiger partial charge in [-0.1, -0.05) is 65.7 Å². The predicted molar refractivity (Wildman–Crippen MR) is 84.8 cm³/mol. The van der Waals surface area contributed by atoms with Crippen LogP contribution in [0.5, 0.6) is 0 Å². The van der Waals surface area contributed by atoms with E-state index in [1.54, 1.807) is 0 Å². The summed E-state index contributed by atoms with van der Waals surface area (Å²) < 4.78 is 16.7. The summed E-state index contributed by atoms with van der Waals surface area (Å²) in [5.74, 6) is 0. The highest BCUT2D eigenvalue weighted by Gasteiger charge is 2.08. The fourth-order valence-corrected chi connectivity index (χ4v) is 1.99. The lowest BCUT2D eigenvalue weighted by Gasteiger charge is -2.18. The Labute approximate surface area is 126 Å². The first-order valence-corrected chi connectivity index (χ1v) is 8.69. The Morgan fingerprint density at radius 3 is 1.45 bits per heavy atom.